The lowest BCUT2D eigenvalue weighted by Gasteiger charge is -2.04. The second-order valence-electron chi connectivity index (χ2n) is 3.36. The van der Waals surface area contributed by atoms with Gasteiger partial charge in [0.25, 0.3) is 0 Å². The van der Waals surface area contributed by atoms with Gasteiger partial charge in [-0.25, -0.2) is 0 Å². The molecule has 0 saturated carbocycles. The first kappa shape index (κ1) is 11.7. The van der Waals surface area contributed by atoms with Crippen molar-refractivity contribution in [3.8, 4) is 0 Å². The van der Waals surface area contributed by atoms with Crippen LogP contribution in [0.3, 0.4) is 0 Å². The Morgan fingerprint density at radius 2 is 2.07 bits per heavy atom. The summed E-state index contributed by atoms with van der Waals surface area (Å²) in [4.78, 5) is 1.42. The third-order valence-corrected chi connectivity index (χ3v) is 2.89. The van der Waals surface area contributed by atoms with Crippen LogP contribution in [0.4, 0.5) is 0 Å². The molecule has 3 heteroatoms. The van der Waals surface area contributed by atoms with E-state index in [9.17, 15) is 0 Å². The van der Waals surface area contributed by atoms with Crippen LogP contribution in [0.25, 0.3) is 0 Å². The summed E-state index contributed by atoms with van der Waals surface area (Å²) in [5.74, 6) is 0. The van der Waals surface area contributed by atoms with Gasteiger partial charge in [-0.2, -0.15) is 0 Å². The summed E-state index contributed by atoms with van der Waals surface area (Å²) < 4.78 is 0. The Balaban J connectivity index is 1.85. The average Bonchev–Trinajstić information content (AvgIpc) is 2.69. The minimum Gasteiger partial charge on any atom is -0.317 e. The van der Waals surface area contributed by atoms with E-state index in [1.54, 1.807) is 0 Å². The Bertz CT molecular complexity index is 209. The fourth-order valence-electron chi connectivity index (χ4n) is 1.26. The van der Waals surface area contributed by atoms with E-state index < -0.39 is 0 Å². The van der Waals surface area contributed by atoms with Gasteiger partial charge in [-0.15, -0.1) is 11.3 Å². The first-order valence-corrected chi connectivity index (χ1v) is 6.25. The second-order valence-corrected chi connectivity index (χ2v) is 4.39. The molecule has 0 fully saturated rings. The molecule has 0 amide bonds. The molecule has 80 valence electrons. The number of thiophene rings is 1. The van der Waals surface area contributed by atoms with E-state index in [0.29, 0.717) is 0 Å². The van der Waals surface area contributed by atoms with Crippen molar-refractivity contribution < 1.29 is 0 Å². The molecule has 0 atom stereocenters. The molecule has 0 spiro atoms. The van der Waals surface area contributed by atoms with Crippen LogP contribution in [0, 0.1) is 0 Å². The average molecular weight is 212 g/mol. The number of nitrogens with one attached hydrogen (secondary N) is 2. The van der Waals surface area contributed by atoms with E-state index in [0.717, 1.165) is 26.2 Å². The van der Waals surface area contributed by atoms with Crippen molar-refractivity contribution in [2.45, 2.75) is 26.3 Å². The van der Waals surface area contributed by atoms with E-state index in [2.05, 4.69) is 35.1 Å². The number of hydrogen-bond donors (Lipinski definition) is 2. The van der Waals surface area contributed by atoms with Crippen LogP contribution in [0.5, 0.6) is 0 Å². The summed E-state index contributed by atoms with van der Waals surface area (Å²) in [7, 11) is 0. The van der Waals surface area contributed by atoms with Crippen molar-refractivity contribution in [2.75, 3.05) is 19.6 Å². The lowest BCUT2D eigenvalue weighted by Crippen LogP contribution is -2.21. The van der Waals surface area contributed by atoms with Gasteiger partial charge in [0.15, 0.2) is 0 Å². The monoisotopic (exact) mass is 212 g/mol. The zero-order chi connectivity index (χ0) is 10.1. The molecule has 0 radical (unpaired) electrons. The predicted octanol–water partition coefficient (Wildman–Crippen LogP) is 2.23. The van der Waals surface area contributed by atoms with Gasteiger partial charge in [0.1, 0.15) is 0 Å². The highest BCUT2D eigenvalue weighted by molar-refractivity contribution is 7.09. The van der Waals surface area contributed by atoms with E-state index in [1.165, 1.54) is 17.7 Å². The quantitative estimate of drug-likeness (QED) is 0.646. The fraction of sp³-hybridized carbons (Fsp3) is 0.636. The summed E-state index contributed by atoms with van der Waals surface area (Å²) in [5.41, 5.74) is 0. The third-order valence-electron chi connectivity index (χ3n) is 2.01. The highest BCUT2D eigenvalue weighted by Gasteiger charge is 1.92. The summed E-state index contributed by atoms with van der Waals surface area (Å²) >= 11 is 1.82. The standard InChI is InChI=1S/C11H20N2S/c1-2-6-12-7-4-8-13-10-11-5-3-9-14-11/h3,5,9,12-13H,2,4,6-8,10H2,1H3. The minimum absolute atomic E-state index is 1.02. The van der Waals surface area contributed by atoms with Crippen LogP contribution in [0.2, 0.25) is 0 Å². The first-order chi connectivity index (χ1) is 6.93. The van der Waals surface area contributed by atoms with E-state index in [1.807, 2.05) is 11.3 Å². The smallest absolute Gasteiger partial charge is 0.0299 e. The predicted molar refractivity (Wildman–Crippen MR) is 63.8 cm³/mol. The normalized spacial score (nSPS) is 10.6. The lowest BCUT2D eigenvalue weighted by atomic mass is 10.4. The highest BCUT2D eigenvalue weighted by atomic mass is 32.1. The number of hydrogen-bond acceptors (Lipinski definition) is 3. The third kappa shape index (κ3) is 5.37. The molecule has 2 N–H and O–H groups in total. The Hall–Kier alpha value is -0.380. The molecule has 0 saturated heterocycles. The number of rotatable bonds is 8. The zero-order valence-corrected chi connectivity index (χ0v) is 9.70. The Morgan fingerprint density at radius 1 is 1.21 bits per heavy atom. The molecule has 14 heavy (non-hydrogen) atoms. The van der Waals surface area contributed by atoms with Crippen molar-refractivity contribution in [3.63, 3.8) is 0 Å². The maximum Gasteiger partial charge on any atom is 0.0299 e. The zero-order valence-electron chi connectivity index (χ0n) is 8.88. The Kier molecular flexibility index (Phi) is 6.66. The van der Waals surface area contributed by atoms with Crippen LogP contribution in [-0.4, -0.2) is 19.6 Å². The van der Waals surface area contributed by atoms with Crippen molar-refractivity contribution in [1.29, 1.82) is 0 Å². The van der Waals surface area contributed by atoms with E-state index in [-0.39, 0.29) is 0 Å². The van der Waals surface area contributed by atoms with Crippen molar-refractivity contribution >= 4 is 11.3 Å². The molecule has 1 rings (SSSR count). The van der Waals surface area contributed by atoms with Gasteiger partial charge >= 0.3 is 0 Å². The van der Waals surface area contributed by atoms with Crippen molar-refractivity contribution in [3.05, 3.63) is 22.4 Å². The summed E-state index contributed by atoms with van der Waals surface area (Å²) in [6.07, 6.45) is 2.44. The minimum atomic E-state index is 1.02. The largest absolute Gasteiger partial charge is 0.317 e. The molecule has 0 aliphatic carbocycles. The van der Waals surface area contributed by atoms with Crippen molar-refractivity contribution in [2.24, 2.45) is 0 Å². The SMILES string of the molecule is CCCNCCCNCc1cccs1. The van der Waals surface area contributed by atoms with Crippen LogP contribution < -0.4 is 10.6 Å². The van der Waals surface area contributed by atoms with Crippen LogP contribution >= 0.6 is 11.3 Å². The van der Waals surface area contributed by atoms with Gasteiger partial charge in [0.2, 0.25) is 0 Å². The van der Waals surface area contributed by atoms with E-state index in [4.69, 9.17) is 0 Å². The molecular weight excluding hydrogens is 192 g/mol. The molecule has 0 aliphatic rings. The lowest BCUT2D eigenvalue weighted by molar-refractivity contribution is 0.594. The van der Waals surface area contributed by atoms with Gasteiger partial charge in [-0.3, -0.25) is 0 Å². The molecule has 1 heterocycles. The Labute approximate surface area is 90.7 Å². The molecule has 1 aromatic rings. The molecule has 0 aromatic carbocycles. The van der Waals surface area contributed by atoms with Crippen LogP contribution in [0.15, 0.2) is 17.5 Å². The maximum atomic E-state index is 3.44. The van der Waals surface area contributed by atoms with Crippen LogP contribution in [-0.2, 0) is 6.54 Å². The molecule has 0 bridgehead atoms. The molecule has 0 unspecified atom stereocenters. The molecule has 2 nitrogen and oxygen atoms in total. The fourth-order valence-corrected chi connectivity index (χ4v) is 1.94. The van der Waals surface area contributed by atoms with Crippen molar-refractivity contribution in [1.82, 2.24) is 10.6 Å². The topological polar surface area (TPSA) is 24.1 Å². The van der Waals surface area contributed by atoms with Crippen LogP contribution in [0.1, 0.15) is 24.6 Å². The Morgan fingerprint density at radius 3 is 2.79 bits per heavy atom. The molecule has 0 aliphatic heterocycles. The summed E-state index contributed by atoms with van der Waals surface area (Å²) in [6.45, 7) is 6.60. The second kappa shape index (κ2) is 7.97. The first-order valence-electron chi connectivity index (χ1n) is 5.37. The summed E-state index contributed by atoms with van der Waals surface area (Å²) in [5, 5.41) is 8.95. The molecule has 1 aromatic heterocycles. The highest BCUT2D eigenvalue weighted by Crippen LogP contribution is 2.06. The van der Waals surface area contributed by atoms with Gasteiger partial charge in [-0.05, 0) is 43.9 Å². The van der Waals surface area contributed by atoms with Gasteiger partial charge in [0.05, 0.1) is 0 Å². The van der Waals surface area contributed by atoms with Gasteiger partial charge in [0, 0.05) is 11.4 Å². The van der Waals surface area contributed by atoms with E-state index >= 15 is 0 Å². The summed E-state index contributed by atoms with van der Waals surface area (Å²) in [6, 6.07) is 4.28. The molecular formula is C11H20N2S. The maximum absolute atomic E-state index is 3.44. The van der Waals surface area contributed by atoms with Gasteiger partial charge < -0.3 is 10.6 Å². The van der Waals surface area contributed by atoms with Gasteiger partial charge in [-0.1, -0.05) is 13.0 Å².